The summed E-state index contributed by atoms with van der Waals surface area (Å²) < 4.78 is 9.84. The van der Waals surface area contributed by atoms with Gasteiger partial charge in [-0.05, 0) is 12.8 Å². The van der Waals surface area contributed by atoms with Crippen LogP contribution < -0.4 is 0 Å². The second kappa shape index (κ2) is 3.42. The summed E-state index contributed by atoms with van der Waals surface area (Å²) in [4.78, 5) is 11.2. The minimum absolute atomic E-state index is 0.453. The molecule has 1 aliphatic rings. The topological polar surface area (TPSA) is 72.6 Å². The van der Waals surface area contributed by atoms with Crippen LogP contribution >= 0.6 is 0 Å². The summed E-state index contributed by atoms with van der Waals surface area (Å²) in [7, 11) is 0. The minimum Gasteiger partial charge on any atom is -0.481 e. The molecule has 1 aliphatic heterocycles. The van der Waals surface area contributed by atoms with Gasteiger partial charge in [-0.15, -0.1) is 0 Å². The van der Waals surface area contributed by atoms with E-state index in [1.165, 1.54) is 6.26 Å². The van der Waals surface area contributed by atoms with Crippen LogP contribution in [0.4, 0.5) is 0 Å². The first-order valence-electron chi connectivity index (χ1n) is 4.48. The lowest BCUT2D eigenvalue weighted by atomic mass is 9.77. The molecule has 0 radical (unpaired) electrons. The number of carbonyl (C=O) groups is 1. The van der Waals surface area contributed by atoms with Crippen LogP contribution in [-0.2, 0) is 14.9 Å². The number of hydrogen-bond acceptors (Lipinski definition) is 4. The number of aromatic nitrogens is 1. The van der Waals surface area contributed by atoms with Crippen molar-refractivity contribution >= 4 is 5.97 Å². The summed E-state index contributed by atoms with van der Waals surface area (Å²) in [5.74, 6) is -0.852. The Labute approximate surface area is 80.6 Å². The number of nitrogens with zero attached hydrogens (tertiary/aromatic N) is 1. The smallest absolute Gasteiger partial charge is 0.316 e. The molecule has 0 spiro atoms. The summed E-state index contributed by atoms with van der Waals surface area (Å²) in [5.41, 5.74) is -0.418. The Balaban J connectivity index is 2.35. The van der Waals surface area contributed by atoms with Crippen molar-refractivity contribution in [3.63, 3.8) is 0 Å². The number of aliphatic carboxylic acids is 1. The van der Waals surface area contributed by atoms with Gasteiger partial charge in [-0.2, -0.15) is 0 Å². The molecule has 1 aromatic rings. The maximum atomic E-state index is 11.2. The Morgan fingerprint density at radius 3 is 2.71 bits per heavy atom. The molecule has 1 fully saturated rings. The maximum absolute atomic E-state index is 11.2. The summed E-state index contributed by atoms with van der Waals surface area (Å²) in [6, 6.07) is 1.61. The first-order chi connectivity index (χ1) is 6.76. The summed E-state index contributed by atoms with van der Waals surface area (Å²) in [5, 5.41) is 12.9. The standard InChI is InChI=1S/C9H11NO4/c11-8(12)9(2-5-13-6-3-9)7-1-4-14-10-7/h1,4H,2-3,5-6H2,(H,11,12). The van der Waals surface area contributed by atoms with Gasteiger partial charge in [0.2, 0.25) is 0 Å². The molecule has 1 aromatic heterocycles. The van der Waals surface area contributed by atoms with Gasteiger partial charge >= 0.3 is 5.97 Å². The fourth-order valence-electron chi connectivity index (χ4n) is 1.76. The molecule has 0 atom stereocenters. The highest BCUT2D eigenvalue weighted by atomic mass is 16.5. The Kier molecular flexibility index (Phi) is 2.25. The van der Waals surface area contributed by atoms with E-state index in [0.29, 0.717) is 31.7 Å². The normalized spacial score (nSPS) is 20.6. The molecule has 0 aromatic carbocycles. The number of ether oxygens (including phenoxy) is 1. The largest absolute Gasteiger partial charge is 0.481 e. The van der Waals surface area contributed by atoms with Gasteiger partial charge in [0, 0.05) is 19.3 Å². The van der Waals surface area contributed by atoms with Crippen LogP contribution in [0, 0.1) is 0 Å². The molecule has 0 aliphatic carbocycles. The van der Waals surface area contributed by atoms with Gasteiger partial charge < -0.3 is 14.4 Å². The molecular weight excluding hydrogens is 186 g/mol. The van der Waals surface area contributed by atoms with Crippen molar-refractivity contribution in [1.29, 1.82) is 0 Å². The van der Waals surface area contributed by atoms with E-state index in [1.54, 1.807) is 6.07 Å². The molecule has 76 valence electrons. The van der Waals surface area contributed by atoms with Crippen LogP contribution in [0.3, 0.4) is 0 Å². The maximum Gasteiger partial charge on any atom is 0.316 e. The molecule has 0 unspecified atom stereocenters. The van der Waals surface area contributed by atoms with Crippen molar-refractivity contribution in [2.24, 2.45) is 0 Å². The number of hydrogen-bond donors (Lipinski definition) is 1. The highest BCUT2D eigenvalue weighted by Gasteiger charge is 2.44. The monoisotopic (exact) mass is 197 g/mol. The number of rotatable bonds is 2. The number of carboxylic acid groups (broad SMARTS) is 1. The van der Waals surface area contributed by atoms with Crippen LogP contribution in [0.1, 0.15) is 18.5 Å². The Bertz CT molecular complexity index is 314. The van der Waals surface area contributed by atoms with E-state index >= 15 is 0 Å². The molecular formula is C9H11NO4. The second-order valence-electron chi connectivity index (χ2n) is 3.38. The van der Waals surface area contributed by atoms with Gasteiger partial charge in [0.05, 0.1) is 0 Å². The van der Waals surface area contributed by atoms with Gasteiger partial charge in [0.15, 0.2) is 0 Å². The highest BCUT2D eigenvalue weighted by molar-refractivity contribution is 5.80. The number of carboxylic acids is 1. The van der Waals surface area contributed by atoms with Crippen LogP contribution in [0.2, 0.25) is 0 Å². The molecule has 0 bridgehead atoms. The van der Waals surface area contributed by atoms with Crippen LogP contribution in [0.5, 0.6) is 0 Å². The third-order valence-electron chi connectivity index (χ3n) is 2.68. The van der Waals surface area contributed by atoms with Crippen molar-refractivity contribution in [2.75, 3.05) is 13.2 Å². The Morgan fingerprint density at radius 1 is 1.50 bits per heavy atom. The quantitative estimate of drug-likeness (QED) is 0.759. The molecule has 0 amide bonds. The predicted molar refractivity (Wildman–Crippen MR) is 45.9 cm³/mol. The van der Waals surface area contributed by atoms with E-state index < -0.39 is 11.4 Å². The zero-order valence-corrected chi connectivity index (χ0v) is 7.60. The van der Waals surface area contributed by atoms with Crippen LogP contribution in [0.25, 0.3) is 0 Å². The Hall–Kier alpha value is -1.36. The molecule has 1 saturated heterocycles. The Morgan fingerprint density at radius 2 is 2.21 bits per heavy atom. The van der Waals surface area contributed by atoms with E-state index in [-0.39, 0.29) is 0 Å². The minimum atomic E-state index is -0.911. The van der Waals surface area contributed by atoms with Crippen LogP contribution in [-0.4, -0.2) is 29.4 Å². The molecule has 2 rings (SSSR count). The molecule has 1 N–H and O–H groups in total. The van der Waals surface area contributed by atoms with E-state index in [9.17, 15) is 9.90 Å². The van der Waals surface area contributed by atoms with E-state index in [4.69, 9.17) is 4.74 Å². The first-order valence-corrected chi connectivity index (χ1v) is 4.48. The fraction of sp³-hybridized carbons (Fsp3) is 0.556. The lowest BCUT2D eigenvalue weighted by Gasteiger charge is -2.30. The van der Waals surface area contributed by atoms with E-state index in [1.807, 2.05) is 0 Å². The first kappa shape index (κ1) is 9.21. The van der Waals surface area contributed by atoms with Gasteiger partial charge in [-0.25, -0.2) is 0 Å². The highest BCUT2D eigenvalue weighted by Crippen LogP contribution is 2.33. The van der Waals surface area contributed by atoms with Crippen molar-refractivity contribution in [2.45, 2.75) is 18.3 Å². The molecule has 5 nitrogen and oxygen atoms in total. The van der Waals surface area contributed by atoms with Gasteiger partial charge in [-0.1, -0.05) is 5.16 Å². The third kappa shape index (κ3) is 1.29. The fourth-order valence-corrected chi connectivity index (χ4v) is 1.76. The SMILES string of the molecule is O=C(O)C1(c2ccon2)CCOCC1. The summed E-state index contributed by atoms with van der Waals surface area (Å²) in [6.07, 6.45) is 2.30. The zero-order valence-electron chi connectivity index (χ0n) is 7.60. The average Bonchev–Trinajstić information content (AvgIpc) is 2.72. The lowest BCUT2D eigenvalue weighted by molar-refractivity contribution is -0.148. The van der Waals surface area contributed by atoms with Gasteiger partial charge in [0.1, 0.15) is 17.4 Å². The predicted octanol–water partition coefficient (Wildman–Crippen LogP) is 0.807. The van der Waals surface area contributed by atoms with E-state index in [2.05, 4.69) is 9.68 Å². The molecule has 0 saturated carbocycles. The van der Waals surface area contributed by atoms with Crippen molar-refractivity contribution < 1.29 is 19.2 Å². The second-order valence-corrected chi connectivity index (χ2v) is 3.38. The average molecular weight is 197 g/mol. The molecule has 2 heterocycles. The van der Waals surface area contributed by atoms with Crippen LogP contribution in [0.15, 0.2) is 16.9 Å². The van der Waals surface area contributed by atoms with Gasteiger partial charge in [-0.3, -0.25) is 4.79 Å². The molecule has 14 heavy (non-hydrogen) atoms. The molecule has 5 heteroatoms. The third-order valence-corrected chi connectivity index (χ3v) is 2.68. The lowest BCUT2D eigenvalue weighted by Crippen LogP contribution is -2.41. The van der Waals surface area contributed by atoms with Crippen molar-refractivity contribution in [3.8, 4) is 0 Å². The van der Waals surface area contributed by atoms with Crippen molar-refractivity contribution in [3.05, 3.63) is 18.0 Å². The van der Waals surface area contributed by atoms with Gasteiger partial charge in [0.25, 0.3) is 0 Å². The summed E-state index contributed by atoms with van der Waals surface area (Å²) in [6.45, 7) is 0.915. The van der Waals surface area contributed by atoms with E-state index in [0.717, 1.165) is 0 Å². The zero-order chi connectivity index (χ0) is 10.0. The van der Waals surface area contributed by atoms with Crippen molar-refractivity contribution in [1.82, 2.24) is 5.16 Å². The summed E-state index contributed by atoms with van der Waals surface area (Å²) >= 11 is 0.